The van der Waals surface area contributed by atoms with E-state index < -0.39 is 0 Å². The quantitative estimate of drug-likeness (QED) is 0.734. The van der Waals surface area contributed by atoms with E-state index >= 15 is 0 Å². The lowest BCUT2D eigenvalue weighted by Gasteiger charge is -2.02. The highest BCUT2D eigenvalue weighted by Gasteiger charge is 2.11. The smallest absolute Gasteiger partial charge is 0.199 e. The van der Waals surface area contributed by atoms with Crippen LogP contribution in [0.5, 0.6) is 0 Å². The lowest BCUT2D eigenvalue weighted by Crippen LogP contribution is -2.17. The third-order valence-electron chi connectivity index (χ3n) is 3.28. The Balaban J connectivity index is 1.61. The minimum Gasteiger partial charge on any atom is -0.444 e. The van der Waals surface area contributed by atoms with Crippen LogP contribution in [0, 0.1) is 0 Å². The van der Waals surface area contributed by atoms with Crippen molar-refractivity contribution in [1.82, 2.24) is 15.1 Å². The van der Waals surface area contributed by atoms with Gasteiger partial charge in [-0.3, -0.25) is 4.68 Å². The van der Waals surface area contributed by atoms with Gasteiger partial charge >= 0.3 is 0 Å². The first-order valence-electron chi connectivity index (χ1n) is 6.59. The van der Waals surface area contributed by atoms with Crippen molar-refractivity contribution in [2.24, 2.45) is 7.05 Å². The van der Waals surface area contributed by atoms with Crippen molar-refractivity contribution in [2.75, 3.05) is 6.54 Å². The number of benzene rings is 1. The van der Waals surface area contributed by atoms with Crippen molar-refractivity contribution in [1.29, 1.82) is 0 Å². The molecule has 0 saturated carbocycles. The Kier molecular flexibility index (Phi) is 3.76. The first-order chi connectivity index (χ1) is 9.74. The van der Waals surface area contributed by atoms with Crippen LogP contribution in [0.1, 0.15) is 11.3 Å². The van der Waals surface area contributed by atoms with Crippen LogP contribution in [-0.2, 0) is 20.0 Å². The Bertz CT molecular complexity index is 717. The van der Waals surface area contributed by atoms with E-state index in [2.05, 4.69) is 10.4 Å². The third-order valence-corrected chi connectivity index (χ3v) is 3.58. The summed E-state index contributed by atoms with van der Waals surface area (Å²) in [5.74, 6) is 0. The fourth-order valence-corrected chi connectivity index (χ4v) is 2.51. The van der Waals surface area contributed by atoms with E-state index in [1.54, 1.807) is 0 Å². The maximum Gasteiger partial charge on any atom is 0.199 e. The van der Waals surface area contributed by atoms with Crippen molar-refractivity contribution >= 4 is 22.6 Å². The molecule has 0 radical (unpaired) electrons. The van der Waals surface area contributed by atoms with Gasteiger partial charge in [-0.05, 0) is 23.7 Å². The number of nitrogens with zero attached hydrogens (tertiary/aromatic N) is 2. The summed E-state index contributed by atoms with van der Waals surface area (Å²) in [4.78, 5) is 0. The van der Waals surface area contributed by atoms with Crippen molar-refractivity contribution < 1.29 is 4.42 Å². The Morgan fingerprint density at radius 1 is 1.30 bits per heavy atom. The molecule has 3 rings (SSSR count). The van der Waals surface area contributed by atoms with Crippen molar-refractivity contribution in [2.45, 2.75) is 13.0 Å². The summed E-state index contributed by atoms with van der Waals surface area (Å²) in [5, 5.41) is 9.27. The minimum atomic E-state index is 0.469. The third kappa shape index (κ3) is 2.71. The Morgan fingerprint density at radius 3 is 2.95 bits per heavy atom. The van der Waals surface area contributed by atoms with Crippen molar-refractivity contribution in [3.63, 3.8) is 0 Å². The zero-order valence-corrected chi connectivity index (χ0v) is 12.0. The number of para-hydroxylation sites is 1. The lowest BCUT2D eigenvalue weighted by atomic mass is 10.2. The van der Waals surface area contributed by atoms with Gasteiger partial charge in [-0.15, -0.1) is 0 Å². The van der Waals surface area contributed by atoms with E-state index in [0.29, 0.717) is 11.8 Å². The van der Waals surface area contributed by atoms with E-state index in [1.165, 1.54) is 0 Å². The van der Waals surface area contributed by atoms with Crippen LogP contribution in [0.15, 0.2) is 40.9 Å². The predicted octanol–water partition coefficient (Wildman–Crippen LogP) is 3.15. The number of fused-ring (bicyclic) bond motifs is 1. The van der Waals surface area contributed by atoms with Gasteiger partial charge < -0.3 is 9.73 Å². The van der Waals surface area contributed by atoms with E-state index in [0.717, 1.165) is 35.2 Å². The number of furan rings is 1. The number of hydrogen-bond acceptors (Lipinski definition) is 3. The summed E-state index contributed by atoms with van der Waals surface area (Å²) >= 11 is 6.14. The minimum absolute atomic E-state index is 0.469. The van der Waals surface area contributed by atoms with E-state index in [9.17, 15) is 0 Å². The summed E-state index contributed by atoms with van der Waals surface area (Å²) in [6.07, 6.45) is 2.85. The van der Waals surface area contributed by atoms with E-state index in [1.807, 2.05) is 48.3 Å². The Morgan fingerprint density at radius 2 is 2.15 bits per heavy atom. The normalized spacial score (nSPS) is 11.3. The molecule has 0 aliphatic heterocycles. The molecule has 4 nitrogen and oxygen atoms in total. The summed E-state index contributed by atoms with van der Waals surface area (Å²) < 4.78 is 7.34. The molecule has 0 aliphatic carbocycles. The molecule has 0 fully saturated rings. The molecule has 1 aromatic carbocycles. The first-order valence-corrected chi connectivity index (χ1v) is 6.97. The van der Waals surface area contributed by atoms with Gasteiger partial charge in [-0.1, -0.05) is 18.2 Å². The fourth-order valence-electron chi connectivity index (χ4n) is 2.26. The number of halogens is 1. The Hall–Kier alpha value is -1.78. The average molecular weight is 290 g/mol. The van der Waals surface area contributed by atoms with Gasteiger partial charge in [0.15, 0.2) is 5.22 Å². The molecular formula is C15H16ClN3O. The molecule has 0 spiro atoms. The molecule has 2 aromatic heterocycles. The lowest BCUT2D eigenvalue weighted by molar-refractivity contribution is 0.603. The summed E-state index contributed by atoms with van der Waals surface area (Å²) in [5.41, 5.74) is 2.94. The van der Waals surface area contributed by atoms with Gasteiger partial charge in [0, 0.05) is 43.7 Å². The van der Waals surface area contributed by atoms with Crippen LogP contribution in [-0.4, -0.2) is 16.3 Å². The molecule has 0 saturated heterocycles. The molecule has 0 bridgehead atoms. The molecule has 20 heavy (non-hydrogen) atoms. The zero-order valence-electron chi connectivity index (χ0n) is 11.3. The van der Waals surface area contributed by atoms with Crippen LogP contribution in [0.25, 0.3) is 11.0 Å². The average Bonchev–Trinajstić information content (AvgIpc) is 2.98. The van der Waals surface area contributed by atoms with Crippen molar-refractivity contribution in [3.05, 3.63) is 53.0 Å². The zero-order chi connectivity index (χ0) is 13.9. The SMILES string of the molecule is Cn1ccc(CCNCc2c(Cl)oc3ccccc23)n1. The molecule has 1 N–H and O–H groups in total. The maximum absolute atomic E-state index is 6.14. The first kappa shape index (κ1) is 13.2. The van der Waals surface area contributed by atoms with Gasteiger partial charge in [0.05, 0.1) is 5.69 Å². The van der Waals surface area contributed by atoms with Gasteiger partial charge in [0.1, 0.15) is 5.58 Å². The second kappa shape index (κ2) is 5.69. The van der Waals surface area contributed by atoms with Gasteiger partial charge in [0.25, 0.3) is 0 Å². The molecule has 3 aromatic rings. The predicted molar refractivity (Wildman–Crippen MR) is 79.8 cm³/mol. The maximum atomic E-state index is 6.14. The molecule has 5 heteroatoms. The van der Waals surface area contributed by atoms with Gasteiger partial charge in [0.2, 0.25) is 0 Å². The van der Waals surface area contributed by atoms with Gasteiger partial charge in [-0.2, -0.15) is 5.10 Å². The number of nitrogens with one attached hydrogen (secondary N) is 1. The molecular weight excluding hydrogens is 274 g/mol. The summed E-state index contributed by atoms with van der Waals surface area (Å²) in [6.45, 7) is 1.55. The van der Waals surface area contributed by atoms with Crippen LogP contribution < -0.4 is 5.32 Å². The van der Waals surface area contributed by atoms with Gasteiger partial charge in [-0.25, -0.2) is 0 Å². The molecule has 0 unspecified atom stereocenters. The van der Waals surface area contributed by atoms with E-state index in [4.69, 9.17) is 16.0 Å². The van der Waals surface area contributed by atoms with Crippen LogP contribution in [0.3, 0.4) is 0 Å². The number of aryl methyl sites for hydroxylation is 1. The highest BCUT2D eigenvalue weighted by Crippen LogP contribution is 2.29. The molecule has 0 aliphatic rings. The second-order valence-electron chi connectivity index (χ2n) is 4.76. The number of rotatable bonds is 5. The largest absolute Gasteiger partial charge is 0.444 e. The highest BCUT2D eigenvalue weighted by atomic mass is 35.5. The summed E-state index contributed by atoms with van der Waals surface area (Å²) in [7, 11) is 1.92. The molecule has 2 heterocycles. The highest BCUT2D eigenvalue weighted by molar-refractivity contribution is 6.30. The second-order valence-corrected chi connectivity index (χ2v) is 5.10. The van der Waals surface area contributed by atoms with Crippen LogP contribution >= 0.6 is 11.6 Å². The number of aromatic nitrogens is 2. The standard InChI is InChI=1S/C15H16ClN3O/c1-19-9-7-11(18-19)6-8-17-10-13-12-4-2-3-5-14(12)20-15(13)16/h2-5,7,9,17H,6,8,10H2,1H3. The molecule has 104 valence electrons. The monoisotopic (exact) mass is 289 g/mol. The van der Waals surface area contributed by atoms with Crippen LogP contribution in [0.2, 0.25) is 5.22 Å². The summed E-state index contributed by atoms with van der Waals surface area (Å²) in [6, 6.07) is 9.92. The molecule has 0 amide bonds. The van der Waals surface area contributed by atoms with E-state index in [-0.39, 0.29) is 0 Å². The fraction of sp³-hybridized carbons (Fsp3) is 0.267. The Labute approximate surface area is 122 Å². The topological polar surface area (TPSA) is 43.0 Å². The van der Waals surface area contributed by atoms with Crippen LogP contribution in [0.4, 0.5) is 0 Å². The molecule has 0 atom stereocenters. The number of hydrogen-bond donors (Lipinski definition) is 1. The van der Waals surface area contributed by atoms with Crippen molar-refractivity contribution in [3.8, 4) is 0 Å².